The highest BCUT2D eigenvalue weighted by Gasteiger charge is 2.32. The molecule has 0 bridgehead atoms. The number of ether oxygens (including phenoxy) is 4. The number of rotatable bonds is 18. The zero-order chi connectivity index (χ0) is 37.6. The van der Waals surface area contributed by atoms with E-state index in [9.17, 15) is 19.2 Å². The first-order valence-corrected chi connectivity index (χ1v) is 17.2. The lowest BCUT2D eigenvalue weighted by molar-refractivity contribution is -0.163. The first-order chi connectivity index (χ1) is 22.3. The molecule has 1 aromatic rings. The van der Waals surface area contributed by atoms with Crippen LogP contribution in [0.5, 0.6) is 0 Å². The van der Waals surface area contributed by atoms with Crippen molar-refractivity contribution in [3.8, 4) is 0 Å². The zero-order valence-electron chi connectivity index (χ0n) is 32.4. The Morgan fingerprint density at radius 1 is 0.592 bits per heavy atom. The van der Waals surface area contributed by atoms with Crippen molar-refractivity contribution in [1.82, 2.24) is 20.4 Å². The summed E-state index contributed by atoms with van der Waals surface area (Å²) in [5, 5.41) is 6.25. The van der Waals surface area contributed by atoms with E-state index in [1.54, 1.807) is 0 Å². The number of nitrogens with zero attached hydrogens (tertiary/aromatic N) is 2. The smallest absolute Gasteiger partial charge is 0.328 e. The largest absolute Gasteiger partial charge is 0.459 e. The van der Waals surface area contributed by atoms with Crippen molar-refractivity contribution >= 4 is 23.9 Å². The van der Waals surface area contributed by atoms with E-state index in [0.717, 1.165) is 11.1 Å². The quantitative estimate of drug-likeness (QED) is 0.130. The maximum atomic E-state index is 13.8. The van der Waals surface area contributed by atoms with Gasteiger partial charge in [-0.05, 0) is 95.6 Å². The Labute approximate surface area is 294 Å². The Morgan fingerprint density at radius 2 is 1.02 bits per heavy atom. The maximum Gasteiger partial charge on any atom is 0.328 e. The molecule has 49 heavy (non-hydrogen) atoms. The molecule has 1 atom stereocenters. The third-order valence-corrected chi connectivity index (χ3v) is 6.42. The summed E-state index contributed by atoms with van der Waals surface area (Å²) in [7, 11) is 0. The molecule has 1 aromatic carbocycles. The number of esters is 4. The molecule has 0 fully saturated rings. The Morgan fingerprint density at radius 3 is 1.47 bits per heavy atom. The predicted molar refractivity (Wildman–Crippen MR) is 191 cm³/mol. The SMILES string of the molecule is Cc1ccc(C(C(=O)OC(C)(C)C)N(CCNCC(=O)OC(C)(C)C)CCN(CCNCC(=O)OC(C)(C)C)CC(=O)OC(C)(C)C)cc1. The second-order valence-electron chi connectivity index (χ2n) is 16.3. The fraction of sp³-hybridized carbons (Fsp3) is 0.730. The number of benzene rings is 1. The third-order valence-electron chi connectivity index (χ3n) is 6.42. The summed E-state index contributed by atoms with van der Waals surface area (Å²) in [5.74, 6) is -1.52. The van der Waals surface area contributed by atoms with E-state index in [4.69, 9.17) is 18.9 Å². The minimum absolute atomic E-state index is 0.0117. The number of carbonyl (C=O) groups is 4. The van der Waals surface area contributed by atoms with Crippen LogP contribution in [0.25, 0.3) is 0 Å². The van der Waals surface area contributed by atoms with Gasteiger partial charge in [-0.1, -0.05) is 29.8 Å². The van der Waals surface area contributed by atoms with E-state index in [1.165, 1.54) is 0 Å². The van der Waals surface area contributed by atoms with Gasteiger partial charge in [-0.3, -0.25) is 24.2 Å². The van der Waals surface area contributed by atoms with E-state index in [2.05, 4.69) is 10.6 Å². The second-order valence-corrected chi connectivity index (χ2v) is 16.3. The molecule has 2 N–H and O–H groups in total. The Kier molecular flexibility index (Phi) is 17.4. The maximum absolute atomic E-state index is 13.8. The summed E-state index contributed by atoms with van der Waals surface area (Å²) in [5.41, 5.74) is -0.740. The van der Waals surface area contributed by atoms with E-state index in [1.807, 2.05) is 124 Å². The van der Waals surface area contributed by atoms with Crippen LogP contribution in [-0.2, 0) is 38.1 Å². The molecule has 0 aliphatic carbocycles. The summed E-state index contributed by atoms with van der Waals surface area (Å²) in [4.78, 5) is 55.3. The van der Waals surface area contributed by atoms with E-state index < -0.39 is 34.4 Å². The van der Waals surface area contributed by atoms with Crippen molar-refractivity contribution < 1.29 is 38.1 Å². The van der Waals surface area contributed by atoms with Crippen LogP contribution in [0, 0.1) is 6.92 Å². The first kappa shape index (κ1) is 44.0. The van der Waals surface area contributed by atoms with Crippen molar-refractivity contribution in [3.63, 3.8) is 0 Å². The molecule has 0 amide bonds. The lowest BCUT2D eigenvalue weighted by Crippen LogP contribution is -2.47. The molecule has 0 aliphatic rings. The van der Waals surface area contributed by atoms with E-state index in [-0.39, 0.29) is 37.5 Å². The molecule has 0 radical (unpaired) electrons. The molecule has 1 unspecified atom stereocenters. The molecule has 0 aromatic heterocycles. The van der Waals surface area contributed by atoms with Crippen molar-refractivity contribution in [2.45, 2.75) is 118 Å². The molecule has 0 saturated heterocycles. The Balaban J connectivity index is 3.27. The van der Waals surface area contributed by atoms with E-state index >= 15 is 0 Å². The zero-order valence-corrected chi connectivity index (χ0v) is 32.4. The van der Waals surface area contributed by atoms with Gasteiger partial charge in [0.2, 0.25) is 0 Å². The van der Waals surface area contributed by atoms with Crippen LogP contribution >= 0.6 is 0 Å². The van der Waals surface area contributed by atoms with Crippen LogP contribution in [0.2, 0.25) is 0 Å². The van der Waals surface area contributed by atoms with Crippen LogP contribution in [0.1, 0.15) is 100 Å². The first-order valence-electron chi connectivity index (χ1n) is 17.2. The summed E-state index contributed by atoms with van der Waals surface area (Å²) in [6.07, 6.45) is 0. The topological polar surface area (TPSA) is 136 Å². The van der Waals surface area contributed by atoms with Crippen LogP contribution in [0.15, 0.2) is 24.3 Å². The summed E-state index contributed by atoms with van der Waals surface area (Å²) >= 11 is 0. The van der Waals surface area contributed by atoms with Crippen molar-refractivity contribution in [1.29, 1.82) is 0 Å². The van der Waals surface area contributed by atoms with Gasteiger partial charge in [0, 0.05) is 39.3 Å². The lowest BCUT2D eigenvalue weighted by atomic mass is 10.0. The molecule has 280 valence electrons. The molecular formula is C37H64N4O8. The number of hydrogen-bond acceptors (Lipinski definition) is 12. The summed E-state index contributed by atoms with van der Waals surface area (Å²) < 4.78 is 22.3. The number of carbonyl (C=O) groups excluding carboxylic acids is 4. The third kappa shape index (κ3) is 21.6. The van der Waals surface area contributed by atoms with Gasteiger partial charge in [-0.2, -0.15) is 0 Å². The Bertz CT molecular complexity index is 1190. The minimum atomic E-state index is -0.753. The summed E-state index contributed by atoms with van der Waals surface area (Å²) in [6.45, 7) is 26.2. The molecule has 12 heteroatoms. The normalized spacial score (nSPS) is 13.3. The standard InChI is InChI=1S/C37H64N4O8/c1-27-14-16-28(17-15-27)32(33(45)49-37(11,12)13)41(21-19-39-25-30(43)47-35(5,6)7)23-22-40(26-31(44)48-36(8,9)10)20-18-38-24-29(42)46-34(2,3)4/h14-17,32,38-39H,18-26H2,1-13H3. The monoisotopic (exact) mass is 692 g/mol. The molecule has 1 rings (SSSR count). The number of aryl methyl sites for hydroxylation is 1. The van der Waals surface area contributed by atoms with Gasteiger partial charge >= 0.3 is 23.9 Å². The molecule has 0 saturated carbocycles. The lowest BCUT2D eigenvalue weighted by Gasteiger charge is -2.34. The van der Waals surface area contributed by atoms with Gasteiger partial charge in [-0.25, -0.2) is 4.79 Å². The molecular weight excluding hydrogens is 628 g/mol. The van der Waals surface area contributed by atoms with Gasteiger partial charge in [0.25, 0.3) is 0 Å². The fourth-order valence-electron chi connectivity index (χ4n) is 4.66. The van der Waals surface area contributed by atoms with Gasteiger partial charge in [-0.15, -0.1) is 0 Å². The van der Waals surface area contributed by atoms with Crippen LogP contribution in [-0.4, -0.2) is 115 Å². The van der Waals surface area contributed by atoms with Gasteiger partial charge in [0.15, 0.2) is 0 Å². The average Bonchev–Trinajstić information content (AvgIpc) is 2.88. The minimum Gasteiger partial charge on any atom is -0.459 e. The second kappa shape index (κ2) is 19.4. The Hall–Kier alpha value is -3.06. The fourth-order valence-corrected chi connectivity index (χ4v) is 4.66. The molecule has 12 nitrogen and oxygen atoms in total. The van der Waals surface area contributed by atoms with Gasteiger partial charge in [0.1, 0.15) is 28.4 Å². The highest BCUT2D eigenvalue weighted by atomic mass is 16.6. The van der Waals surface area contributed by atoms with Crippen LogP contribution in [0.4, 0.5) is 0 Å². The van der Waals surface area contributed by atoms with Crippen LogP contribution < -0.4 is 10.6 Å². The predicted octanol–water partition coefficient (Wildman–Crippen LogP) is 4.19. The highest BCUT2D eigenvalue weighted by molar-refractivity contribution is 5.78. The van der Waals surface area contributed by atoms with Crippen molar-refractivity contribution in [2.75, 3.05) is 58.9 Å². The molecule has 0 heterocycles. The average molecular weight is 693 g/mol. The molecule has 0 aliphatic heterocycles. The van der Waals surface area contributed by atoms with Gasteiger partial charge < -0.3 is 29.6 Å². The number of nitrogens with one attached hydrogen (secondary N) is 2. The van der Waals surface area contributed by atoms with E-state index in [0.29, 0.717) is 39.3 Å². The van der Waals surface area contributed by atoms with Crippen molar-refractivity contribution in [2.24, 2.45) is 0 Å². The van der Waals surface area contributed by atoms with Crippen molar-refractivity contribution in [3.05, 3.63) is 35.4 Å². The number of hydrogen-bond donors (Lipinski definition) is 2. The van der Waals surface area contributed by atoms with Crippen LogP contribution in [0.3, 0.4) is 0 Å². The molecule has 0 spiro atoms. The highest BCUT2D eigenvalue weighted by Crippen LogP contribution is 2.25. The van der Waals surface area contributed by atoms with Gasteiger partial charge in [0.05, 0.1) is 19.6 Å². The summed E-state index contributed by atoms with van der Waals surface area (Å²) in [6, 6.07) is 7.00.